The van der Waals surface area contributed by atoms with Crippen LogP contribution in [0.1, 0.15) is 5.56 Å². The number of halogens is 1. The highest BCUT2D eigenvalue weighted by molar-refractivity contribution is 14.1. The van der Waals surface area contributed by atoms with Gasteiger partial charge in [-0.1, -0.05) is 0 Å². The van der Waals surface area contributed by atoms with E-state index in [2.05, 4.69) is 4.98 Å². The Labute approximate surface area is 116 Å². The van der Waals surface area contributed by atoms with Gasteiger partial charge in [-0.25, -0.2) is 0 Å². The van der Waals surface area contributed by atoms with E-state index >= 15 is 0 Å². The van der Waals surface area contributed by atoms with Crippen LogP contribution in [0.3, 0.4) is 0 Å². The molecule has 0 aliphatic rings. The van der Waals surface area contributed by atoms with Crippen LogP contribution in [0.25, 0.3) is 4.98 Å². The van der Waals surface area contributed by atoms with E-state index in [9.17, 15) is 16.8 Å². The Bertz CT molecular complexity index is 762. The highest BCUT2D eigenvalue weighted by Crippen LogP contribution is 2.36. The SMILES string of the molecule is Cc1c([N+]#N)c(S(=O)(=O)O)cc(I)c1S(=O)(=O)O. The minimum atomic E-state index is -4.69. The first-order chi connectivity index (χ1) is 8.00. The normalized spacial score (nSPS) is 12.2. The van der Waals surface area contributed by atoms with Crippen molar-refractivity contribution in [1.82, 2.24) is 0 Å². The molecule has 0 amide bonds. The zero-order valence-corrected chi connectivity index (χ0v) is 12.5. The van der Waals surface area contributed by atoms with E-state index in [1.807, 2.05) is 0 Å². The Hall–Kier alpha value is -0.810. The van der Waals surface area contributed by atoms with Crippen molar-refractivity contribution in [1.29, 1.82) is 5.39 Å². The van der Waals surface area contributed by atoms with E-state index < -0.39 is 35.7 Å². The van der Waals surface area contributed by atoms with Crippen molar-refractivity contribution in [3.63, 3.8) is 0 Å². The maximum Gasteiger partial charge on any atom is 0.410 e. The minimum absolute atomic E-state index is 0.132. The minimum Gasteiger partial charge on any atom is -0.282 e. The first-order valence-electron chi connectivity index (χ1n) is 4.13. The molecule has 0 fully saturated rings. The fourth-order valence-corrected chi connectivity index (χ4v) is 4.61. The molecule has 0 radical (unpaired) electrons. The standard InChI is InChI=1S/C7H5IN2O6S2/c1-3-6(10-9)5(17(11,12)13)2-4(8)7(3)18(14,15)16/h2H,1H3,(H-,11,12,13,14,15,16)/p+1. The van der Waals surface area contributed by atoms with Crippen LogP contribution in [0.15, 0.2) is 15.9 Å². The second-order valence-corrected chi connectivity index (χ2v) is 7.12. The summed E-state index contributed by atoms with van der Waals surface area (Å²) >= 11 is 1.47. The van der Waals surface area contributed by atoms with Gasteiger partial charge in [0.2, 0.25) is 5.39 Å². The van der Waals surface area contributed by atoms with Gasteiger partial charge in [-0.2, -0.15) is 16.8 Å². The van der Waals surface area contributed by atoms with Crippen LogP contribution in [0, 0.1) is 15.9 Å². The van der Waals surface area contributed by atoms with Gasteiger partial charge in [0.15, 0.2) is 9.87 Å². The van der Waals surface area contributed by atoms with Gasteiger partial charge in [0.25, 0.3) is 10.1 Å². The Morgan fingerprint density at radius 1 is 1.22 bits per heavy atom. The van der Waals surface area contributed by atoms with Crippen LogP contribution in [-0.2, 0) is 20.2 Å². The van der Waals surface area contributed by atoms with E-state index in [1.54, 1.807) is 0 Å². The van der Waals surface area contributed by atoms with Crippen LogP contribution in [0.5, 0.6) is 0 Å². The fraction of sp³-hybridized carbons (Fsp3) is 0.143. The maximum atomic E-state index is 11.1. The molecule has 1 aromatic carbocycles. The van der Waals surface area contributed by atoms with Crippen molar-refractivity contribution in [2.24, 2.45) is 0 Å². The van der Waals surface area contributed by atoms with Gasteiger partial charge >= 0.3 is 15.8 Å². The van der Waals surface area contributed by atoms with E-state index in [0.29, 0.717) is 0 Å². The number of nitrogens with zero attached hydrogens (tertiary/aromatic N) is 2. The van der Waals surface area contributed by atoms with Crippen LogP contribution in [0.4, 0.5) is 5.69 Å². The summed E-state index contributed by atoms with van der Waals surface area (Å²) in [7, 11) is -9.30. The zero-order chi connectivity index (χ0) is 14.3. The number of benzene rings is 1. The molecule has 0 saturated heterocycles. The van der Waals surface area contributed by atoms with Crippen molar-refractivity contribution < 1.29 is 25.9 Å². The molecule has 98 valence electrons. The lowest BCUT2D eigenvalue weighted by molar-refractivity contribution is 0.477. The van der Waals surface area contributed by atoms with Gasteiger partial charge in [0.05, 0.1) is 5.56 Å². The highest BCUT2D eigenvalue weighted by atomic mass is 127. The van der Waals surface area contributed by atoms with Crippen molar-refractivity contribution in [2.75, 3.05) is 0 Å². The molecule has 0 heterocycles. The molecule has 0 aromatic heterocycles. The summed E-state index contributed by atoms with van der Waals surface area (Å²) in [5.41, 5.74) is -0.940. The molecule has 0 spiro atoms. The Kier molecular flexibility index (Phi) is 3.98. The Morgan fingerprint density at radius 2 is 1.72 bits per heavy atom. The predicted molar refractivity (Wildman–Crippen MR) is 68.3 cm³/mol. The topological polar surface area (TPSA) is 137 Å². The lowest BCUT2D eigenvalue weighted by Crippen LogP contribution is -2.08. The van der Waals surface area contributed by atoms with E-state index in [0.717, 1.165) is 13.0 Å². The molecule has 0 bridgehead atoms. The molecule has 0 aliphatic carbocycles. The molecule has 2 N–H and O–H groups in total. The van der Waals surface area contributed by atoms with Gasteiger partial charge in [-0.3, -0.25) is 9.11 Å². The van der Waals surface area contributed by atoms with Crippen molar-refractivity contribution >= 4 is 48.5 Å². The summed E-state index contributed by atoms with van der Waals surface area (Å²) in [4.78, 5) is 1.30. The largest absolute Gasteiger partial charge is 0.410 e. The molecule has 0 aliphatic heterocycles. The molecular weight excluding hydrogens is 399 g/mol. The van der Waals surface area contributed by atoms with Gasteiger partial charge in [-0.05, 0) is 35.6 Å². The third kappa shape index (κ3) is 2.78. The van der Waals surface area contributed by atoms with Crippen LogP contribution >= 0.6 is 22.6 Å². The molecule has 18 heavy (non-hydrogen) atoms. The van der Waals surface area contributed by atoms with E-state index in [-0.39, 0.29) is 9.13 Å². The molecule has 1 aromatic rings. The smallest absolute Gasteiger partial charge is 0.282 e. The van der Waals surface area contributed by atoms with Gasteiger partial charge in [0, 0.05) is 3.57 Å². The highest BCUT2D eigenvalue weighted by Gasteiger charge is 2.34. The zero-order valence-electron chi connectivity index (χ0n) is 8.69. The summed E-state index contributed by atoms with van der Waals surface area (Å²) in [6, 6.07) is 0.779. The molecule has 8 nitrogen and oxygen atoms in total. The molecule has 1 rings (SSSR count). The summed E-state index contributed by atoms with van der Waals surface area (Å²) in [5, 5.41) is 8.71. The van der Waals surface area contributed by atoms with Crippen LogP contribution < -0.4 is 0 Å². The fourth-order valence-electron chi connectivity index (χ4n) is 1.36. The molecule has 0 atom stereocenters. The van der Waals surface area contributed by atoms with Crippen molar-refractivity contribution in [2.45, 2.75) is 16.7 Å². The summed E-state index contributed by atoms with van der Waals surface area (Å²) in [5.74, 6) is 0. The van der Waals surface area contributed by atoms with Crippen molar-refractivity contribution in [3.05, 3.63) is 20.2 Å². The van der Waals surface area contributed by atoms with Gasteiger partial charge < -0.3 is 0 Å². The van der Waals surface area contributed by atoms with E-state index in [4.69, 9.17) is 14.5 Å². The molecule has 0 unspecified atom stereocenters. The average Bonchev–Trinajstić information content (AvgIpc) is 2.13. The first-order valence-corrected chi connectivity index (χ1v) is 8.09. The first kappa shape index (κ1) is 15.2. The number of rotatable bonds is 2. The monoisotopic (exact) mass is 405 g/mol. The lowest BCUT2D eigenvalue weighted by Gasteiger charge is -2.05. The summed E-state index contributed by atoms with van der Waals surface area (Å²) in [6.07, 6.45) is 0. The number of hydrogen-bond acceptors (Lipinski definition) is 5. The van der Waals surface area contributed by atoms with Crippen molar-refractivity contribution in [3.8, 4) is 0 Å². The third-order valence-electron chi connectivity index (χ3n) is 2.04. The maximum absolute atomic E-state index is 11.1. The van der Waals surface area contributed by atoms with Crippen LogP contribution in [-0.4, -0.2) is 25.9 Å². The number of diazo groups is 1. The van der Waals surface area contributed by atoms with E-state index in [1.165, 1.54) is 22.6 Å². The van der Waals surface area contributed by atoms with Gasteiger partial charge in [0.1, 0.15) is 4.90 Å². The molecular formula is C7H6IN2O6S2+. The average molecular weight is 405 g/mol. The quantitative estimate of drug-likeness (QED) is 0.433. The number of hydrogen-bond donors (Lipinski definition) is 2. The second-order valence-electron chi connectivity index (χ2n) is 3.21. The third-order valence-corrected chi connectivity index (χ3v) is 5.17. The Balaban J connectivity index is 3.97. The summed E-state index contributed by atoms with van der Waals surface area (Å²) < 4.78 is 62.1. The lowest BCUT2D eigenvalue weighted by atomic mass is 10.2. The van der Waals surface area contributed by atoms with Crippen LogP contribution in [0.2, 0.25) is 0 Å². The Morgan fingerprint density at radius 3 is 2.06 bits per heavy atom. The van der Waals surface area contributed by atoms with Gasteiger partial charge in [-0.15, -0.1) is 0 Å². The second kappa shape index (κ2) is 4.70. The molecule has 11 heteroatoms. The predicted octanol–water partition coefficient (Wildman–Crippen LogP) is 1.58. The molecule has 0 saturated carbocycles. The summed E-state index contributed by atoms with van der Waals surface area (Å²) in [6.45, 7) is 1.13.